The molecule has 0 aromatic heterocycles. The van der Waals surface area contributed by atoms with Crippen LogP contribution in [0.4, 0.5) is 4.79 Å². The van der Waals surface area contributed by atoms with Crippen molar-refractivity contribution in [2.45, 2.75) is 53.2 Å². The van der Waals surface area contributed by atoms with Gasteiger partial charge in [0.25, 0.3) is 0 Å². The summed E-state index contributed by atoms with van der Waals surface area (Å²) in [5, 5.41) is 4.86. The van der Waals surface area contributed by atoms with E-state index >= 15 is 0 Å². The Morgan fingerprint density at radius 1 is 1.16 bits per heavy atom. The SMILES string of the molecule is CC(C)(C)OC(=O)CNC(=O)NC(C=O)C(C)(C)C. The maximum Gasteiger partial charge on any atom is 0.325 e. The third kappa shape index (κ3) is 8.18. The highest BCUT2D eigenvalue weighted by molar-refractivity contribution is 5.82. The zero-order valence-corrected chi connectivity index (χ0v) is 12.5. The first-order valence-corrected chi connectivity index (χ1v) is 6.17. The molecule has 0 aromatic carbocycles. The Balaban J connectivity index is 4.19. The Kier molecular flexibility index (Phi) is 5.99. The van der Waals surface area contributed by atoms with Gasteiger partial charge >= 0.3 is 12.0 Å². The van der Waals surface area contributed by atoms with Gasteiger partial charge in [0.1, 0.15) is 18.4 Å². The lowest BCUT2D eigenvalue weighted by Gasteiger charge is -2.26. The van der Waals surface area contributed by atoms with Gasteiger partial charge in [-0.3, -0.25) is 4.79 Å². The van der Waals surface area contributed by atoms with Crippen LogP contribution in [0.1, 0.15) is 41.5 Å². The van der Waals surface area contributed by atoms with Crippen LogP contribution in [-0.4, -0.2) is 36.5 Å². The summed E-state index contributed by atoms with van der Waals surface area (Å²) in [7, 11) is 0. The molecule has 110 valence electrons. The van der Waals surface area contributed by atoms with Crippen LogP contribution in [0.25, 0.3) is 0 Å². The number of amides is 2. The van der Waals surface area contributed by atoms with Gasteiger partial charge in [-0.05, 0) is 26.2 Å². The molecular weight excluding hydrogens is 248 g/mol. The normalized spacial score (nSPS) is 13.4. The van der Waals surface area contributed by atoms with E-state index in [9.17, 15) is 14.4 Å². The Bertz CT molecular complexity index is 340. The number of ether oxygens (including phenoxy) is 1. The Hall–Kier alpha value is -1.59. The van der Waals surface area contributed by atoms with Crippen molar-refractivity contribution >= 4 is 18.3 Å². The van der Waals surface area contributed by atoms with Crippen molar-refractivity contribution in [2.24, 2.45) is 5.41 Å². The van der Waals surface area contributed by atoms with Crippen LogP contribution in [0.5, 0.6) is 0 Å². The molecule has 6 heteroatoms. The summed E-state index contributed by atoms with van der Waals surface area (Å²) in [6, 6.07) is -1.19. The summed E-state index contributed by atoms with van der Waals surface area (Å²) >= 11 is 0. The second-order valence-corrected chi connectivity index (χ2v) is 6.39. The van der Waals surface area contributed by atoms with E-state index in [1.165, 1.54) is 0 Å². The number of hydrogen-bond donors (Lipinski definition) is 2. The quantitative estimate of drug-likeness (QED) is 0.595. The van der Waals surface area contributed by atoms with E-state index in [2.05, 4.69) is 10.6 Å². The molecule has 0 saturated carbocycles. The maximum absolute atomic E-state index is 11.5. The van der Waals surface area contributed by atoms with E-state index in [4.69, 9.17) is 4.74 Å². The summed E-state index contributed by atoms with van der Waals surface area (Å²) in [6.07, 6.45) is 0.674. The lowest BCUT2D eigenvalue weighted by Crippen LogP contribution is -2.50. The smallest absolute Gasteiger partial charge is 0.325 e. The number of rotatable bonds is 4. The van der Waals surface area contributed by atoms with Gasteiger partial charge in [-0.25, -0.2) is 4.79 Å². The van der Waals surface area contributed by atoms with Gasteiger partial charge in [-0.2, -0.15) is 0 Å². The Labute approximate surface area is 114 Å². The summed E-state index contributed by atoms with van der Waals surface area (Å²) in [4.78, 5) is 33.8. The van der Waals surface area contributed by atoms with Gasteiger partial charge in [0.05, 0.1) is 6.04 Å². The largest absolute Gasteiger partial charge is 0.459 e. The van der Waals surface area contributed by atoms with Crippen LogP contribution in [-0.2, 0) is 14.3 Å². The van der Waals surface area contributed by atoms with Crippen LogP contribution in [0, 0.1) is 5.41 Å². The van der Waals surface area contributed by atoms with Crippen molar-refractivity contribution in [1.29, 1.82) is 0 Å². The first-order chi connectivity index (χ1) is 8.45. The average Bonchev–Trinajstić information content (AvgIpc) is 2.18. The van der Waals surface area contributed by atoms with E-state index in [0.717, 1.165) is 0 Å². The van der Waals surface area contributed by atoms with Crippen molar-refractivity contribution in [3.8, 4) is 0 Å². The zero-order chi connectivity index (χ0) is 15.3. The van der Waals surface area contributed by atoms with Gasteiger partial charge in [-0.1, -0.05) is 20.8 Å². The second kappa shape index (κ2) is 6.54. The predicted molar refractivity (Wildman–Crippen MR) is 71.7 cm³/mol. The third-order valence-corrected chi connectivity index (χ3v) is 2.17. The van der Waals surface area contributed by atoms with Gasteiger partial charge in [0, 0.05) is 0 Å². The standard InChI is InChI=1S/C13H24N2O4/c1-12(2,3)9(8-16)15-11(18)14-7-10(17)19-13(4,5)6/h8-9H,7H2,1-6H3,(H2,14,15,18). The first kappa shape index (κ1) is 17.4. The Morgan fingerprint density at radius 3 is 2.05 bits per heavy atom. The monoisotopic (exact) mass is 272 g/mol. The van der Waals surface area contributed by atoms with Crippen molar-refractivity contribution in [2.75, 3.05) is 6.54 Å². The Morgan fingerprint density at radius 2 is 1.68 bits per heavy atom. The highest BCUT2D eigenvalue weighted by Crippen LogP contribution is 2.17. The molecule has 6 nitrogen and oxygen atoms in total. The fourth-order valence-corrected chi connectivity index (χ4v) is 1.18. The van der Waals surface area contributed by atoms with Crippen LogP contribution >= 0.6 is 0 Å². The van der Waals surface area contributed by atoms with Crippen LogP contribution in [0.2, 0.25) is 0 Å². The zero-order valence-electron chi connectivity index (χ0n) is 12.5. The number of urea groups is 1. The van der Waals surface area contributed by atoms with Gasteiger partial charge in [0.15, 0.2) is 0 Å². The van der Waals surface area contributed by atoms with Crippen molar-refractivity contribution in [3.63, 3.8) is 0 Å². The van der Waals surface area contributed by atoms with Gasteiger partial charge in [0.2, 0.25) is 0 Å². The topological polar surface area (TPSA) is 84.5 Å². The lowest BCUT2D eigenvalue weighted by molar-refractivity contribution is -0.153. The van der Waals surface area contributed by atoms with Crippen molar-refractivity contribution in [1.82, 2.24) is 10.6 Å². The van der Waals surface area contributed by atoms with E-state index in [1.807, 2.05) is 20.8 Å². The first-order valence-electron chi connectivity index (χ1n) is 6.17. The molecule has 0 aromatic rings. The maximum atomic E-state index is 11.5. The highest BCUT2D eigenvalue weighted by Gasteiger charge is 2.26. The molecule has 1 atom stereocenters. The van der Waals surface area contributed by atoms with Crippen molar-refractivity contribution < 1.29 is 19.1 Å². The fourth-order valence-electron chi connectivity index (χ4n) is 1.18. The van der Waals surface area contributed by atoms with E-state index in [1.54, 1.807) is 20.8 Å². The highest BCUT2D eigenvalue weighted by atomic mass is 16.6. The third-order valence-electron chi connectivity index (χ3n) is 2.17. The molecule has 0 spiro atoms. The number of carbonyl (C=O) groups is 3. The lowest BCUT2D eigenvalue weighted by atomic mass is 9.88. The average molecular weight is 272 g/mol. The predicted octanol–water partition coefficient (Wildman–Crippen LogP) is 1.24. The van der Waals surface area contributed by atoms with Crippen LogP contribution in [0.15, 0.2) is 0 Å². The molecule has 0 aliphatic heterocycles. The summed E-state index contributed by atoms with van der Waals surface area (Å²) in [5.41, 5.74) is -0.975. The van der Waals surface area contributed by atoms with E-state index < -0.39 is 23.6 Å². The molecule has 0 aliphatic carbocycles. The number of esters is 1. The molecule has 0 rings (SSSR count). The molecule has 0 bridgehead atoms. The molecule has 2 amide bonds. The summed E-state index contributed by atoms with van der Waals surface area (Å²) in [5.74, 6) is -0.527. The molecule has 0 fully saturated rings. The minimum Gasteiger partial charge on any atom is -0.459 e. The minimum absolute atomic E-state index is 0.237. The van der Waals surface area contributed by atoms with Gasteiger partial charge in [-0.15, -0.1) is 0 Å². The summed E-state index contributed by atoms with van der Waals surface area (Å²) < 4.78 is 5.04. The summed E-state index contributed by atoms with van der Waals surface area (Å²) in [6.45, 7) is 10.5. The van der Waals surface area contributed by atoms with E-state index in [0.29, 0.717) is 6.29 Å². The molecular formula is C13H24N2O4. The molecule has 0 saturated heterocycles. The molecule has 0 radical (unpaired) electrons. The van der Waals surface area contributed by atoms with Crippen molar-refractivity contribution in [3.05, 3.63) is 0 Å². The molecule has 2 N–H and O–H groups in total. The van der Waals surface area contributed by atoms with Crippen LogP contribution in [0.3, 0.4) is 0 Å². The number of carbonyl (C=O) groups excluding carboxylic acids is 3. The number of aldehydes is 1. The number of nitrogens with one attached hydrogen (secondary N) is 2. The molecule has 0 aliphatic rings. The molecule has 19 heavy (non-hydrogen) atoms. The molecule has 1 unspecified atom stereocenters. The molecule has 0 heterocycles. The fraction of sp³-hybridized carbons (Fsp3) is 0.769. The van der Waals surface area contributed by atoms with Crippen LogP contribution < -0.4 is 10.6 Å². The minimum atomic E-state index is -0.619. The van der Waals surface area contributed by atoms with E-state index in [-0.39, 0.29) is 12.0 Å². The van der Waals surface area contributed by atoms with Gasteiger partial charge < -0.3 is 20.2 Å². The number of hydrogen-bond acceptors (Lipinski definition) is 4. The second-order valence-electron chi connectivity index (χ2n) is 6.39.